The van der Waals surface area contributed by atoms with Crippen LogP contribution in [0.5, 0.6) is 0 Å². The van der Waals surface area contributed by atoms with E-state index >= 15 is 0 Å². The zero-order valence-corrected chi connectivity index (χ0v) is 12.8. The Morgan fingerprint density at radius 3 is 2.78 bits per heavy atom. The molecule has 0 spiro atoms. The molecule has 1 aliphatic rings. The van der Waals surface area contributed by atoms with Gasteiger partial charge in [-0.3, -0.25) is 4.79 Å². The van der Waals surface area contributed by atoms with Crippen molar-refractivity contribution < 1.29 is 4.79 Å². The molecule has 1 aromatic heterocycles. The minimum Gasteiger partial charge on any atom is -0.349 e. The molecule has 3 nitrogen and oxygen atoms in total. The average Bonchev–Trinajstić information content (AvgIpc) is 2.39. The van der Waals surface area contributed by atoms with E-state index in [1.54, 1.807) is 18.3 Å². The summed E-state index contributed by atoms with van der Waals surface area (Å²) in [5.74, 6) is 0.00528. The molecule has 0 aromatic carbocycles. The van der Waals surface area contributed by atoms with Gasteiger partial charge in [-0.05, 0) is 60.0 Å². The summed E-state index contributed by atoms with van der Waals surface area (Å²) in [5.41, 5.74) is 0.670. The predicted octanol–water partition coefficient (Wildman–Crippen LogP) is 3.25. The first kappa shape index (κ1) is 13.9. The number of carbonyl (C=O) groups excluding carboxylic acids is 1. The van der Waals surface area contributed by atoms with Gasteiger partial charge in [0.2, 0.25) is 0 Å². The monoisotopic (exact) mass is 328 g/mol. The summed E-state index contributed by atoms with van der Waals surface area (Å²) in [6, 6.07) is 3.82. The quantitative estimate of drug-likeness (QED) is 0.866. The lowest BCUT2D eigenvalue weighted by atomic mass is 9.95. The lowest BCUT2D eigenvalue weighted by Gasteiger charge is -2.28. The van der Waals surface area contributed by atoms with E-state index in [0.29, 0.717) is 16.2 Å². The molecule has 5 heteroatoms. The van der Waals surface area contributed by atoms with Crippen LogP contribution in [0.3, 0.4) is 0 Å². The molecule has 98 valence electrons. The minimum atomic E-state index is 0.00528. The first-order chi connectivity index (χ1) is 8.69. The van der Waals surface area contributed by atoms with Gasteiger partial charge in [-0.25, -0.2) is 4.98 Å². The van der Waals surface area contributed by atoms with Crippen LogP contribution < -0.4 is 5.32 Å². The van der Waals surface area contributed by atoms with Crippen molar-refractivity contribution in [2.24, 2.45) is 0 Å². The molecule has 2 rings (SSSR count). The molecule has 0 aliphatic heterocycles. The van der Waals surface area contributed by atoms with E-state index in [0.717, 1.165) is 18.1 Å². The van der Waals surface area contributed by atoms with Gasteiger partial charge in [0.05, 0.1) is 0 Å². The molecule has 1 N–H and O–H groups in total. The van der Waals surface area contributed by atoms with Crippen LogP contribution >= 0.6 is 27.7 Å². The Kier molecular flexibility index (Phi) is 5.06. The molecule has 0 unspecified atom stereocenters. The highest BCUT2D eigenvalue weighted by Crippen LogP contribution is 2.27. The Bertz CT molecular complexity index is 419. The maximum absolute atomic E-state index is 12.1. The lowest BCUT2D eigenvalue weighted by molar-refractivity contribution is 0.0928. The largest absolute Gasteiger partial charge is 0.349 e. The van der Waals surface area contributed by atoms with Crippen molar-refractivity contribution in [1.29, 1.82) is 0 Å². The molecule has 0 radical (unpaired) electrons. The van der Waals surface area contributed by atoms with Crippen LogP contribution in [-0.4, -0.2) is 28.4 Å². The van der Waals surface area contributed by atoms with Crippen molar-refractivity contribution in [2.75, 3.05) is 6.26 Å². The maximum Gasteiger partial charge on any atom is 0.251 e. The number of aromatic nitrogens is 1. The van der Waals surface area contributed by atoms with Gasteiger partial charge in [0.15, 0.2) is 0 Å². The minimum absolute atomic E-state index is 0.00528. The number of pyridine rings is 1. The molecular formula is C13H17BrN2OS. The van der Waals surface area contributed by atoms with E-state index < -0.39 is 0 Å². The third-order valence-corrected chi connectivity index (χ3v) is 4.90. The zero-order chi connectivity index (χ0) is 13.0. The van der Waals surface area contributed by atoms with Crippen molar-refractivity contribution in [3.05, 3.63) is 28.5 Å². The topological polar surface area (TPSA) is 42.0 Å². The van der Waals surface area contributed by atoms with Gasteiger partial charge < -0.3 is 5.32 Å². The van der Waals surface area contributed by atoms with Crippen molar-refractivity contribution in [2.45, 2.75) is 37.0 Å². The number of rotatable bonds is 3. The number of carbonyl (C=O) groups is 1. The Morgan fingerprint density at radius 1 is 1.44 bits per heavy atom. The number of nitrogens with one attached hydrogen (secondary N) is 1. The summed E-state index contributed by atoms with van der Waals surface area (Å²) in [4.78, 5) is 16.1. The number of amides is 1. The van der Waals surface area contributed by atoms with E-state index in [4.69, 9.17) is 0 Å². The Balaban J connectivity index is 1.89. The number of halogens is 1. The van der Waals surface area contributed by atoms with Gasteiger partial charge >= 0.3 is 0 Å². The first-order valence-electron chi connectivity index (χ1n) is 6.14. The molecule has 1 fully saturated rings. The predicted molar refractivity (Wildman–Crippen MR) is 79.0 cm³/mol. The van der Waals surface area contributed by atoms with Crippen LogP contribution in [-0.2, 0) is 0 Å². The number of thioether (sulfide) groups is 1. The molecular weight excluding hydrogens is 312 g/mol. The summed E-state index contributed by atoms with van der Waals surface area (Å²) in [5, 5.41) is 3.88. The van der Waals surface area contributed by atoms with Gasteiger partial charge in [0.1, 0.15) is 4.60 Å². The average molecular weight is 329 g/mol. The Labute approximate surface area is 120 Å². The molecule has 1 aliphatic carbocycles. The smallest absolute Gasteiger partial charge is 0.251 e. The molecule has 1 heterocycles. The number of hydrogen-bond acceptors (Lipinski definition) is 3. The molecule has 18 heavy (non-hydrogen) atoms. The van der Waals surface area contributed by atoms with E-state index in [9.17, 15) is 4.79 Å². The molecule has 1 amide bonds. The van der Waals surface area contributed by atoms with Crippen molar-refractivity contribution in [3.8, 4) is 0 Å². The second-order valence-electron chi connectivity index (χ2n) is 4.55. The molecule has 1 saturated carbocycles. The standard InChI is InChI=1S/C13H17BrN2OS/c1-18-11-4-2-10(3-5-11)16-13(17)9-6-7-15-12(14)8-9/h6-8,10-11H,2-5H2,1H3,(H,16,17). The van der Waals surface area contributed by atoms with Crippen LogP contribution in [0.25, 0.3) is 0 Å². The summed E-state index contributed by atoms with van der Waals surface area (Å²) in [7, 11) is 0. The summed E-state index contributed by atoms with van der Waals surface area (Å²) in [6.07, 6.45) is 8.38. The van der Waals surface area contributed by atoms with Gasteiger partial charge in [0.25, 0.3) is 5.91 Å². The zero-order valence-electron chi connectivity index (χ0n) is 10.4. The SMILES string of the molecule is CSC1CCC(NC(=O)c2ccnc(Br)c2)CC1. The molecule has 0 saturated heterocycles. The van der Waals surface area contributed by atoms with Crippen molar-refractivity contribution >= 4 is 33.6 Å². The summed E-state index contributed by atoms with van der Waals surface area (Å²) >= 11 is 5.22. The lowest BCUT2D eigenvalue weighted by Crippen LogP contribution is -2.38. The number of hydrogen-bond donors (Lipinski definition) is 1. The summed E-state index contributed by atoms with van der Waals surface area (Å²) < 4.78 is 0.696. The van der Waals surface area contributed by atoms with E-state index in [2.05, 4.69) is 32.5 Å². The van der Waals surface area contributed by atoms with E-state index in [-0.39, 0.29) is 5.91 Å². The molecule has 1 aromatic rings. The number of nitrogens with zero attached hydrogens (tertiary/aromatic N) is 1. The van der Waals surface area contributed by atoms with E-state index in [1.807, 2.05) is 11.8 Å². The second kappa shape index (κ2) is 6.57. The highest BCUT2D eigenvalue weighted by atomic mass is 79.9. The maximum atomic E-state index is 12.1. The molecule has 0 bridgehead atoms. The highest BCUT2D eigenvalue weighted by molar-refractivity contribution is 9.10. The second-order valence-corrected chi connectivity index (χ2v) is 6.50. The van der Waals surface area contributed by atoms with Gasteiger partial charge in [-0.2, -0.15) is 11.8 Å². The Morgan fingerprint density at radius 2 is 2.17 bits per heavy atom. The fourth-order valence-electron chi connectivity index (χ4n) is 2.26. The van der Waals surface area contributed by atoms with Gasteiger partial charge in [-0.1, -0.05) is 0 Å². The van der Waals surface area contributed by atoms with Crippen LogP contribution in [0.15, 0.2) is 22.9 Å². The first-order valence-corrected chi connectivity index (χ1v) is 8.22. The fourth-order valence-corrected chi connectivity index (χ4v) is 3.36. The fraction of sp³-hybridized carbons (Fsp3) is 0.538. The van der Waals surface area contributed by atoms with Crippen LogP contribution in [0.2, 0.25) is 0 Å². The van der Waals surface area contributed by atoms with Crippen molar-refractivity contribution in [1.82, 2.24) is 10.3 Å². The van der Waals surface area contributed by atoms with Gasteiger partial charge in [0, 0.05) is 23.1 Å². The van der Waals surface area contributed by atoms with Crippen molar-refractivity contribution in [3.63, 3.8) is 0 Å². The normalized spacial score (nSPS) is 23.7. The third-order valence-electron chi connectivity index (χ3n) is 3.33. The highest BCUT2D eigenvalue weighted by Gasteiger charge is 2.22. The van der Waals surface area contributed by atoms with E-state index in [1.165, 1.54) is 12.8 Å². The van der Waals surface area contributed by atoms with Crippen LogP contribution in [0, 0.1) is 0 Å². The summed E-state index contributed by atoms with van der Waals surface area (Å²) in [6.45, 7) is 0. The Hall–Kier alpha value is -0.550. The van der Waals surface area contributed by atoms with Crippen LogP contribution in [0.4, 0.5) is 0 Å². The van der Waals surface area contributed by atoms with Gasteiger partial charge in [-0.15, -0.1) is 0 Å². The third kappa shape index (κ3) is 3.72. The molecule has 0 atom stereocenters. The van der Waals surface area contributed by atoms with Crippen LogP contribution in [0.1, 0.15) is 36.0 Å².